The zero-order chi connectivity index (χ0) is 19.7. The van der Waals surface area contributed by atoms with Gasteiger partial charge in [-0.3, -0.25) is 9.69 Å². The Labute approximate surface area is 179 Å². The van der Waals surface area contributed by atoms with Crippen molar-refractivity contribution < 1.29 is 9.18 Å². The Kier molecular flexibility index (Phi) is 6.47. The number of anilines is 1. The molecule has 0 saturated carbocycles. The van der Waals surface area contributed by atoms with E-state index in [1.54, 1.807) is 11.0 Å². The molecule has 1 aromatic heterocycles. The second-order valence-corrected chi connectivity index (χ2v) is 7.94. The van der Waals surface area contributed by atoms with Crippen molar-refractivity contribution in [3.05, 3.63) is 72.0 Å². The largest absolute Gasteiger partial charge is 0.308 e. The Bertz CT molecular complexity index is 1160. The van der Waals surface area contributed by atoms with E-state index in [-0.39, 0.29) is 24.1 Å². The molecule has 150 valence electrons. The van der Waals surface area contributed by atoms with Gasteiger partial charge >= 0.3 is 0 Å². The van der Waals surface area contributed by atoms with Crippen molar-refractivity contribution in [2.75, 3.05) is 32.1 Å². The normalized spacial score (nSPS) is 11.0. The summed E-state index contributed by atoms with van der Waals surface area (Å²) in [5.41, 5.74) is 1.31. The van der Waals surface area contributed by atoms with E-state index in [0.717, 1.165) is 15.5 Å². The summed E-state index contributed by atoms with van der Waals surface area (Å²) in [5, 5.41) is 2.70. The number of nitrogens with zero attached hydrogens (tertiary/aromatic N) is 3. The van der Waals surface area contributed by atoms with Gasteiger partial charge in [-0.25, -0.2) is 9.37 Å². The quantitative estimate of drug-likeness (QED) is 0.436. The third-order valence-corrected chi connectivity index (χ3v) is 5.62. The van der Waals surface area contributed by atoms with Crippen LogP contribution in [0.25, 0.3) is 21.0 Å². The molecule has 0 fully saturated rings. The van der Waals surface area contributed by atoms with Crippen LogP contribution in [0, 0.1) is 5.82 Å². The molecule has 0 atom stereocenters. The van der Waals surface area contributed by atoms with Gasteiger partial charge in [0.1, 0.15) is 5.82 Å². The molecule has 0 aliphatic carbocycles. The van der Waals surface area contributed by atoms with Crippen LogP contribution in [0.5, 0.6) is 0 Å². The van der Waals surface area contributed by atoms with Crippen LogP contribution in [0.3, 0.4) is 0 Å². The number of amides is 1. The van der Waals surface area contributed by atoms with Gasteiger partial charge in [-0.15, -0.1) is 12.4 Å². The summed E-state index contributed by atoms with van der Waals surface area (Å²) >= 11 is 1.33. The number of hydrogen-bond donors (Lipinski definition) is 0. The minimum absolute atomic E-state index is 0. The molecule has 4 rings (SSSR count). The molecule has 3 aromatic carbocycles. The van der Waals surface area contributed by atoms with Gasteiger partial charge in [-0.2, -0.15) is 0 Å². The molecule has 0 saturated heterocycles. The lowest BCUT2D eigenvalue weighted by molar-refractivity contribution is 0.0985. The van der Waals surface area contributed by atoms with Crippen LogP contribution in [-0.2, 0) is 0 Å². The summed E-state index contributed by atoms with van der Waals surface area (Å²) in [7, 11) is 3.93. The number of benzene rings is 3. The summed E-state index contributed by atoms with van der Waals surface area (Å²) in [6.45, 7) is 1.20. The Morgan fingerprint density at radius 3 is 2.52 bits per heavy atom. The van der Waals surface area contributed by atoms with Crippen molar-refractivity contribution in [1.29, 1.82) is 0 Å². The minimum Gasteiger partial charge on any atom is -0.308 e. The number of fused-ring (bicyclic) bond motifs is 2. The molecule has 1 heterocycles. The fourth-order valence-electron chi connectivity index (χ4n) is 3.06. The topological polar surface area (TPSA) is 36.4 Å². The van der Waals surface area contributed by atoms with Crippen LogP contribution in [0.2, 0.25) is 0 Å². The smallest absolute Gasteiger partial charge is 0.260 e. The van der Waals surface area contributed by atoms with Gasteiger partial charge in [0, 0.05) is 18.7 Å². The number of rotatable bonds is 5. The molecule has 0 N–H and O–H groups in total. The third kappa shape index (κ3) is 4.56. The summed E-state index contributed by atoms with van der Waals surface area (Å²) < 4.78 is 14.3. The zero-order valence-electron chi connectivity index (χ0n) is 16.1. The SMILES string of the molecule is CN(C)CCN(C(=O)c1ccc2ccccc2c1)c1nc2ccc(F)cc2s1.Cl. The summed E-state index contributed by atoms with van der Waals surface area (Å²) in [5.74, 6) is -0.407. The molecule has 0 unspecified atom stereocenters. The molecule has 29 heavy (non-hydrogen) atoms. The van der Waals surface area contributed by atoms with E-state index in [2.05, 4.69) is 4.98 Å². The van der Waals surface area contributed by atoms with Gasteiger partial charge in [-0.1, -0.05) is 41.7 Å². The first-order valence-electron chi connectivity index (χ1n) is 9.03. The number of carbonyl (C=O) groups is 1. The van der Waals surface area contributed by atoms with Gasteiger partial charge in [0.2, 0.25) is 0 Å². The Balaban J connectivity index is 0.00000240. The second kappa shape index (κ2) is 8.86. The van der Waals surface area contributed by atoms with E-state index in [1.807, 2.05) is 61.5 Å². The highest BCUT2D eigenvalue weighted by Gasteiger charge is 2.21. The number of hydrogen-bond acceptors (Lipinski definition) is 4. The van der Waals surface area contributed by atoms with Gasteiger partial charge < -0.3 is 4.90 Å². The number of halogens is 2. The van der Waals surface area contributed by atoms with E-state index in [9.17, 15) is 9.18 Å². The highest BCUT2D eigenvalue weighted by atomic mass is 35.5. The monoisotopic (exact) mass is 429 g/mol. The number of thiazole rings is 1. The maximum atomic E-state index is 13.6. The summed E-state index contributed by atoms with van der Waals surface area (Å²) in [6, 6.07) is 18.2. The fourth-order valence-corrected chi connectivity index (χ4v) is 4.08. The van der Waals surface area contributed by atoms with E-state index in [4.69, 9.17) is 0 Å². The van der Waals surface area contributed by atoms with Crippen molar-refractivity contribution in [2.45, 2.75) is 0 Å². The Morgan fingerprint density at radius 2 is 1.76 bits per heavy atom. The Morgan fingerprint density at radius 1 is 1.00 bits per heavy atom. The van der Waals surface area contributed by atoms with Crippen molar-refractivity contribution in [2.24, 2.45) is 0 Å². The zero-order valence-corrected chi connectivity index (χ0v) is 17.8. The number of aromatic nitrogens is 1. The predicted molar refractivity (Wildman–Crippen MR) is 121 cm³/mol. The molecule has 0 bridgehead atoms. The van der Waals surface area contributed by atoms with E-state index in [1.165, 1.54) is 23.5 Å². The van der Waals surface area contributed by atoms with Crippen LogP contribution >= 0.6 is 23.7 Å². The van der Waals surface area contributed by atoms with E-state index < -0.39 is 0 Å². The molecule has 0 aliphatic heterocycles. The van der Waals surface area contributed by atoms with Crippen molar-refractivity contribution >= 4 is 55.8 Å². The fraction of sp³-hybridized carbons (Fsp3) is 0.182. The molecule has 0 radical (unpaired) electrons. The lowest BCUT2D eigenvalue weighted by Crippen LogP contribution is -2.36. The second-order valence-electron chi connectivity index (χ2n) is 6.93. The van der Waals surface area contributed by atoms with Crippen molar-refractivity contribution in [3.63, 3.8) is 0 Å². The predicted octanol–water partition coefficient (Wildman–Crippen LogP) is 5.22. The van der Waals surface area contributed by atoms with Crippen molar-refractivity contribution in [1.82, 2.24) is 9.88 Å². The lowest BCUT2D eigenvalue weighted by atomic mass is 10.1. The molecule has 1 amide bonds. The van der Waals surface area contributed by atoms with E-state index in [0.29, 0.717) is 29.3 Å². The van der Waals surface area contributed by atoms with Gasteiger partial charge in [0.05, 0.1) is 10.2 Å². The van der Waals surface area contributed by atoms with E-state index >= 15 is 0 Å². The number of carbonyl (C=O) groups excluding carboxylic acids is 1. The van der Waals surface area contributed by atoms with Crippen LogP contribution in [0.15, 0.2) is 60.7 Å². The van der Waals surface area contributed by atoms with Crippen LogP contribution in [0.1, 0.15) is 10.4 Å². The molecule has 4 aromatic rings. The molecular weight excluding hydrogens is 409 g/mol. The Hall–Kier alpha value is -2.54. The molecule has 7 heteroatoms. The standard InChI is InChI=1S/C22H20FN3OS.ClH/c1-25(2)11-12-26(22-24-19-10-9-18(23)14-20(19)28-22)21(27)17-8-7-15-5-3-4-6-16(15)13-17;/h3-10,13-14H,11-12H2,1-2H3;1H. The van der Waals surface area contributed by atoms with Gasteiger partial charge in [0.25, 0.3) is 5.91 Å². The highest BCUT2D eigenvalue weighted by Crippen LogP contribution is 2.30. The third-order valence-electron chi connectivity index (χ3n) is 4.58. The average molecular weight is 430 g/mol. The summed E-state index contributed by atoms with van der Waals surface area (Å²) in [6.07, 6.45) is 0. The van der Waals surface area contributed by atoms with Gasteiger partial charge in [-0.05, 0) is 55.2 Å². The van der Waals surface area contributed by atoms with Crippen LogP contribution in [0.4, 0.5) is 9.52 Å². The summed E-state index contributed by atoms with van der Waals surface area (Å²) in [4.78, 5) is 21.6. The molecule has 4 nitrogen and oxygen atoms in total. The molecule has 0 spiro atoms. The highest BCUT2D eigenvalue weighted by molar-refractivity contribution is 7.22. The first kappa shape index (κ1) is 21.2. The lowest BCUT2D eigenvalue weighted by Gasteiger charge is -2.22. The maximum absolute atomic E-state index is 13.6. The van der Waals surface area contributed by atoms with Crippen LogP contribution in [-0.4, -0.2) is 43.0 Å². The molecular formula is C22H21ClFN3OS. The van der Waals surface area contributed by atoms with Crippen molar-refractivity contribution in [3.8, 4) is 0 Å². The van der Waals surface area contributed by atoms with Crippen LogP contribution < -0.4 is 4.90 Å². The van der Waals surface area contributed by atoms with Gasteiger partial charge in [0.15, 0.2) is 5.13 Å². The molecule has 0 aliphatic rings. The first-order chi connectivity index (χ1) is 13.5. The first-order valence-corrected chi connectivity index (χ1v) is 9.84. The maximum Gasteiger partial charge on any atom is 0.260 e. The average Bonchev–Trinajstić information content (AvgIpc) is 3.10. The number of likely N-dealkylation sites (N-methyl/N-ethyl adjacent to an activating group) is 1. The minimum atomic E-state index is -0.302.